The molecule has 0 radical (unpaired) electrons. The van der Waals surface area contributed by atoms with E-state index in [4.69, 9.17) is 0 Å². The van der Waals surface area contributed by atoms with E-state index in [2.05, 4.69) is 17.4 Å². The van der Waals surface area contributed by atoms with Crippen LogP contribution in [-0.2, 0) is 6.42 Å². The van der Waals surface area contributed by atoms with Crippen molar-refractivity contribution in [3.05, 3.63) is 88.8 Å². The maximum absolute atomic E-state index is 13.6. The molecule has 158 valence electrons. The number of carbonyl (C=O) groups excluding carboxylic acids is 2. The molecule has 0 saturated heterocycles. The lowest BCUT2D eigenvalue weighted by atomic mass is 10.1. The molecule has 32 heavy (non-hydrogen) atoms. The molecule has 0 unspecified atom stereocenters. The van der Waals surface area contributed by atoms with E-state index in [1.165, 1.54) is 11.3 Å². The highest BCUT2D eigenvalue weighted by atomic mass is 32.1. The Morgan fingerprint density at radius 1 is 0.906 bits per heavy atom. The molecular weight excluding hydrogens is 416 g/mol. The van der Waals surface area contributed by atoms with E-state index in [-0.39, 0.29) is 11.8 Å². The van der Waals surface area contributed by atoms with Gasteiger partial charge >= 0.3 is 0 Å². The van der Waals surface area contributed by atoms with Gasteiger partial charge in [0, 0.05) is 28.6 Å². The van der Waals surface area contributed by atoms with E-state index in [0.29, 0.717) is 18.2 Å². The van der Waals surface area contributed by atoms with Crippen LogP contribution in [0.25, 0.3) is 21.2 Å². The summed E-state index contributed by atoms with van der Waals surface area (Å²) in [4.78, 5) is 29.9. The fraction of sp³-hybridized carbons (Fsp3) is 0.185. The predicted molar refractivity (Wildman–Crippen MR) is 130 cm³/mol. The Balaban J connectivity index is 1.37. The van der Waals surface area contributed by atoms with Gasteiger partial charge in [-0.2, -0.15) is 0 Å². The van der Waals surface area contributed by atoms with Crippen LogP contribution in [0.4, 0.5) is 5.69 Å². The van der Waals surface area contributed by atoms with Gasteiger partial charge in [-0.25, -0.2) is 0 Å². The number of amides is 2. The molecule has 0 bridgehead atoms. The molecule has 1 N–H and O–H groups in total. The Morgan fingerprint density at radius 2 is 1.69 bits per heavy atom. The summed E-state index contributed by atoms with van der Waals surface area (Å²) in [7, 11) is 0. The number of thiophene rings is 1. The number of anilines is 1. The Bertz CT molecular complexity index is 1370. The third kappa shape index (κ3) is 3.39. The van der Waals surface area contributed by atoms with Crippen LogP contribution in [0.15, 0.2) is 72.8 Å². The third-order valence-electron chi connectivity index (χ3n) is 6.23. The molecule has 6 rings (SSSR count). The zero-order chi connectivity index (χ0) is 21.7. The molecule has 1 fully saturated rings. The SMILES string of the molecule is O=C(NC1CC1)c1cc2c(s1)-c1ccccc1N(C(=O)c1ccc3ccccc3c1)CC2. The van der Waals surface area contributed by atoms with E-state index in [9.17, 15) is 9.59 Å². The second kappa shape index (κ2) is 7.61. The summed E-state index contributed by atoms with van der Waals surface area (Å²) < 4.78 is 0. The van der Waals surface area contributed by atoms with Gasteiger partial charge in [-0.1, -0.05) is 48.5 Å². The lowest BCUT2D eigenvalue weighted by Crippen LogP contribution is -2.32. The topological polar surface area (TPSA) is 49.4 Å². The van der Waals surface area contributed by atoms with Crippen LogP contribution in [0, 0.1) is 0 Å². The van der Waals surface area contributed by atoms with Crippen LogP contribution in [0.2, 0.25) is 0 Å². The summed E-state index contributed by atoms with van der Waals surface area (Å²) >= 11 is 1.53. The molecule has 1 aromatic heterocycles. The number of para-hydroxylation sites is 1. The fourth-order valence-electron chi connectivity index (χ4n) is 4.38. The second-order valence-electron chi connectivity index (χ2n) is 8.50. The fourth-order valence-corrected chi connectivity index (χ4v) is 5.53. The smallest absolute Gasteiger partial charge is 0.261 e. The molecule has 5 heteroatoms. The number of carbonyl (C=O) groups is 2. The molecule has 4 nitrogen and oxygen atoms in total. The van der Waals surface area contributed by atoms with Crippen molar-refractivity contribution < 1.29 is 9.59 Å². The second-order valence-corrected chi connectivity index (χ2v) is 9.55. The van der Waals surface area contributed by atoms with Crippen molar-refractivity contribution in [2.75, 3.05) is 11.4 Å². The summed E-state index contributed by atoms with van der Waals surface area (Å²) in [6, 6.07) is 24.4. The minimum atomic E-state index is 0.00468. The van der Waals surface area contributed by atoms with Crippen molar-refractivity contribution in [2.24, 2.45) is 0 Å². The highest BCUT2D eigenvalue weighted by Crippen LogP contribution is 2.42. The average molecular weight is 439 g/mol. The van der Waals surface area contributed by atoms with E-state index in [1.807, 2.05) is 65.6 Å². The molecular formula is C27H22N2O2S. The molecule has 2 heterocycles. The summed E-state index contributed by atoms with van der Waals surface area (Å²) in [5.74, 6) is 0.0252. The summed E-state index contributed by atoms with van der Waals surface area (Å²) in [6.45, 7) is 0.579. The van der Waals surface area contributed by atoms with E-state index >= 15 is 0 Å². The van der Waals surface area contributed by atoms with Crippen molar-refractivity contribution >= 4 is 39.6 Å². The van der Waals surface area contributed by atoms with Crippen molar-refractivity contribution in [2.45, 2.75) is 25.3 Å². The molecule has 2 amide bonds. The first-order valence-electron chi connectivity index (χ1n) is 11.0. The van der Waals surface area contributed by atoms with Crippen LogP contribution in [0.3, 0.4) is 0 Å². The zero-order valence-electron chi connectivity index (χ0n) is 17.5. The first-order valence-corrected chi connectivity index (χ1v) is 11.8. The Morgan fingerprint density at radius 3 is 2.53 bits per heavy atom. The average Bonchev–Trinajstić information content (AvgIpc) is 3.57. The molecule has 1 saturated carbocycles. The summed E-state index contributed by atoms with van der Waals surface area (Å²) in [5, 5.41) is 5.28. The summed E-state index contributed by atoms with van der Waals surface area (Å²) in [5.41, 5.74) is 3.75. The van der Waals surface area contributed by atoms with E-state index < -0.39 is 0 Å². The van der Waals surface area contributed by atoms with Gasteiger partial charge in [0.25, 0.3) is 11.8 Å². The first kappa shape index (κ1) is 19.3. The lowest BCUT2D eigenvalue weighted by Gasteiger charge is -2.23. The van der Waals surface area contributed by atoms with Gasteiger partial charge in [0.1, 0.15) is 0 Å². The normalized spacial score (nSPS) is 15.1. The van der Waals surface area contributed by atoms with Crippen molar-refractivity contribution in [3.8, 4) is 10.4 Å². The molecule has 4 aromatic rings. The number of benzene rings is 3. The van der Waals surface area contributed by atoms with Gasteiger partial charge in [-0.15, -0.1) is 11.3 Å². The quantitative estimate of drug-likeness (QED) is 0.448. The molecule has 1 aliphatic carbocycles. The Kier molecular flexibility index (Phi) is 4.58. The van der Waals surface area contributed by atoms with E-state index in [1.54, 1.807) is 0 Å². The first-order chi connectivity index (χ1) is 15.7. The maximum Gasteiger partial charge on any atom is 0.261 e. The van der Waals surface area contributed by atoms with Gasteiger partial charge in [-0.05, 0) is 59.9 Å². The number of nitrogens with zero attached hydrogens (tertiary/aromatic N) is 1. The van der Waals surface area contributed by atoms with Gasteiger partial charge in [-0.3, -0.25) is 9.59 Å². The number of hydrogen-bond donors (Lipinski definition) is 1. The Hall–Kier alpha value is -3.44. The monoisotopic (exact) mass is 438 g/mol. The molecule has 0 atom stereocenters. The van der Waals surface area contributed by atoms with Crippen molar-refractivity contribution in [3.63, 3.8) is 0 Å². The molecule has 0 spiro atoms. The maximum atomic E-state index is 13.6. The molecule has 3 aromatic carbocycles. The number of hydrogen-bond acceptors (Lipinski definition) is 3. The zero-order valence-corrected chi connectivity index (χ0v) is 18.3. The predicted octanol–water partition coefficient (Wildman–Crippen LogP) is 5.66. The Labute approximate surface area is 190 Å². The van der Waals surface area contributed by atoms with Gasteiger partial charge in [0.05, 0.1) is 10.6 Å². The lowest BCUT2D eigenvalue weighted by molar-refractivity contribution is 0.0953. The van der Waals surface area contributed by atoms with Crippen molar-refractivity contribution in [1.82, 2.24) is 5.32 Å². The summed E-state index contributed by atoms with van der Waals surface area (Å²) in [6.07, 6.45) is 2.87. The number of fused-ring (bicyclic) bond motifs is 4. The highest BCUT2D eigenvalue weighted by Gasteiger charge is 2.29. The minimum Gasteiger partial charge on any atom is -0.349 e. The van der Waals surface area contributed by atoms with Gasteiger partial charge in [0.15, 0.2) is 0 Å². The van der Waals surface area contributed by atoms with Crippen molar-refractivity contribution in [1.29, 1.82) is 0 Å². The van der Waals surface area contributed by atoms with E-state index in [0.717, 1.165) is 56.6 Å². The standard InChI is InChI=1S/C27H22N2O2S/c30-26(28-21-11-12-21)24-16-19-13-14-29(23-8-4-3-7-22(23)25(19)32-24)27(31)20-10-9-17-5-1-2-6-18(17)15-20/h1-10,15-16,21H,11-14H2,(H,28,30). The molecule has 2 aliphatic rings. The highest BCUT2D eigenvalue weighted by molar-refractivity contribution is 7.17. The number of rotatable bonds is 3. The van der Waals surface area contributed by atoms with Crippen LogP contribution >= 0.6 is 11.3 Å². The number of nitrogens with one attached hydrogen (secondary N) is 1. The van der Waals surface area contributed by atoms with Crippen LogP contribution < -0.4 is 10.2 Å². The van der Waals surface area contributed by atoms with Gasteiger partial charge in [0.2, 0.25) is 0 Å². The van der Waals surface area contributed by atoms with Crippen LogP contribution in [0.5, 0.6) is 0 Å². The van der Waals surface area contributed by atoms with Crippen LogP contribution in [0.1, 0.15) is 38.4 Å². The largest absolute Gasteiger partial charge is 0.349 e. The van der Waals surface area contributed by atoms with Gasteiger partial charge < -0.3 is 10.2 Å². The molecule has 1 aliphatic heterocycles. The minimum absolute atomic E-state index is 0.00468. The van der Waals surface area contributed by atoms with Crippen LogP contribution in [-0.4, -0.2) is 24.4 Å². The third-order valence-corrected chi connectivity index (χ3v) is 7.44.